The molecule has 11 heavy (non-hydrogen) atoms. The van der Waals surface area contributed by atoms with E-state index in [4.69, 9.17) is 9.84 Å². The SMILES string of the molecule is CC(C)OCCNC[C@@H](C)O. The fraction of sp³-hybridized carbons (Fsp3) is 1.00. The lowest BCUT2D eigenvalue weighted by molar-refractivity contribution is 0.0787. The molecule has 0 unspecified atom stereocenters. The zero-order valence-corrected chi connectivity index (χ0v) is 7.63. The van der Waals surface area contributed by atoms with Crippen LogP contribution in [0.3, 0.4) is 0 Å². The van der Waals surface area contributed by atoms with Crippen LogP contribution in [0.1, 0.15) is 20.8 Å². The Morgan fingerprint density at radius 3 is 2.45 bits per heavy atom. The molecule has 1 atom stereocenters. The van der Waals surface area contributed by atoms with Crippen LogP contribution in [-0.4, -0.2) is 37.0 Å². The Bertz CT molecular complexity index is 74.2. The van der Waals surface area contributed by atoms with Crippen molar-refractivity contribution in [2.45, 2.75) is 33.0 Å². The highest BCUT2D eigenvalue weighted by atomic mass is 16.5. The second-order valence-electron chi connectivity index (χ2n) is 2.97. The van der Waals surface area contributed by atoms with Crippen molar-refractivity contribution in [1.82, 2.24) is 5.32 Å². The van der Waals surface area contributed by atoms with Gasteiger partial charge in [0.15, 0.2) is 0 Å². The van der Waals surface area contributed by atoms with Gasteiger partial charge in [-0.15, -0.1) is 0 Å². The highest BCUT2D eigenvalue weighted by Gasteiger charge is 1.94. The standard InChI is InChI=1S/C8H19NO2/c1-7(2)11-5-4-9-6-8(3)10/h7-10H,4-6H2,1-3H3/t8-/m1/s1. The van der Waals surface area contributed by atoms with Crippen molar-refractivity contribution in [2.75, 3.05) is 19.7 Å². The zero-order valence-electron chi connectivity index (χ0n) is 7.63. The first-order valence-electron chi connectivity index (χ1n) is 4.13. The van der Waals surface area contributed by atoms with Gasteiger partial charge < -0.3 is 15.2 Å². The van der Waals surface area contributed by atoms with E-state index in [-0.39, 0.29) is 6.10 Å². The first-order valence-corrected chi connectivity index (χ1v) is 4.13. The van der Waals surface area contributed by atoms with Crippen LogP contribution in [0.15, 0.2) is 0 Å². The summed E-state index contributed by atoms with van der Waals surface area (Å²) < 4.78 is 5.28. The Labute approximate surface area is 68.8 Å². The lowest BCUT2D eigenvalue weighted by Crippen LogP contribution is -2.28. The number of rotatable bonds is 6. The Kier molecular flexibility index (Phi) is 6.51. The molecule has 0 aliphatic rings. The predicted octanol–water partition coefficient (Wildman–Crippen LogP) is 0.382. The largest absolute Gasteiger partial charge is 0.392 e. The summed E-state index contributed by atoms with van der Waals surface area (Å²) >= 11 is 0. The molecule has 3 heteroatoms. The third-order valence-corrected chi connectivity index (χ3v) is 1.17. The van der Waals surface area contributed by atoms with Crippen LogP contribution in [-0.2, 0) is 4.74 Å². The van der Waals surface area contributed by atoms with E-state index < -0.39 is 0 Å². The van der Waals surface area contributed by atoms with Crippen LogP contribution in [0.4, 0.5) is 0 Å². The molecule has 0 radical (unpaired) electrons. The molecule has 2 N–H and O–H groups in total. The van der Waals surface area contributed by atoms with Crippen LogP contribution in [0.2, 0.25) is 0 Å². The molecule has 0 aliphatic heterocycles. The van der Waals surface area contributed by atoms with Crippen molar-refractivity contribution in [3.8, 4) is 0 Å². The molecule has 0 bridgehead atoms. The molecule has 0 amide bonds. The summed E-state index contributed by atoms with van der Waals surface area (Å²) in [5, 5.41) is 11.9. The highest BCUT2D eigenvalue weighted by molar-refractivity contribution is 4.51. The smallest absolute Gasteiger partial charge is 0.0636 e. The number of nitrogens with one attached hydrogen (secondary N) is 1. The fourth-order valence-electron chi connectivity index (χ4n) is 0.678. The van der Waals surface area contributed by atoms with Crippen molar-refractivity contribution in [2.24, 2.45) is 0 Å². The summed E-state index contributed by atoms with van der Waals surface area (Å²) in [4.78, 5) is 0. The maximum Gasteiger partial charge on any atom is 0.0636 e. The van der Waals surface area contributed by atoms with Gasteiger partial charge in [0.05, 0.1) is 18.8 Å². The zero-order chi connectivity index (χ0) is 8.69. The first-order chi connectivity index (χ1) is 5.13. The average molecular weight is 161 g/mol. The van der Waals surface area contributed by atoms with Gasteiger partial charge in [0, 0.05) is 13.1 Å². The molecule has 0 heterocycles. The van der Waals surface area contributed by atoms with Crippen molar-refractivity contribution >= 4 is 0 Å². The molecule has 0 rings (SSSR count). The molecular formula is C8H19NO2. The molecule has 0 aromatic carbocycles. The van der Waals surface area contributed by atoms with E-state index in [1.165, 1.54) is 0 Å². The number of aliphatic hydroxyl groups is 1. The topological polar surface area (TPSA) is 41.5 Å². The normalized spacial score (nSPS) is 13.9. The van der Waals surface area contributed by atoms with Gasteiger partial charge in [-0.1, -0.05) is 0 Å². The predicted molar refractivity (Wildman–Crippen MR) is 45.6 cm³/mol. The number of aliphatic hydroxyl groups excluding tert-OH is 1. The van der Waals surface area contributed by atoms with Gasteiger partial charge >= 0.3 is 0 Å². The Balaban J connectivity index is 2.91. The number of hydrogen-bond acceptors (Lipinski definition) is 3. The molecule has 0 aromatic heterocycles. The summed E-state index contributed by atoms with van der Waals surface area (Å²) in [6.07, 6.45) is 0.0254. The van der Waals surface area contributed by atoms with Gasteiger partial charge in [-0.25, -0.2) is 0 Å². The molecule has 0 spiro atoms. The van der Waals surface area contributed by atoms with Crippen molar-refractivity contribution in [3.63, 3.8) is 0 Å². The van der Waals surface area contributed by atoms with E-state index in [1.807, 2.05) is 13.8 Å². The van der Waals surface area contributed by atoms with E-state index in [2.05, 4.69) is 5.32 Å². The molecule has 0 saturated heterocycles. The molecule has 0 fully saturated rings. The molecule has 0 aliphatic carbocycles. The summed E-state index contributed by atoms with van der Waals surface area (Å²) in [6, 6.07) is 0. The Morgan fingerprint density at radius 1 is 1.36 bits per heavy atom. The van der Waals surface area contributed by atoms with Crippen molar-refractivity contribution < 1.29 is 9.84 Å². The van der Waals surface area contributed by atoms with Crippen molar-refractivity contribution in [1.29, 1.82) is 0 Å². The minimum atomic E-state index is -0.269. The van der Waals surface area contributed by atoms with Gasteiger partial charge in [0.1, 0.15) is 0 Å². The number of hydrogen-bond donors (Lipinski definition) is 2. The van der Waals surface area contributed by atoms with E-state index in [1.54, 1.807) is 6.92 Å². The quantitative estimate of drug-likeness (QED) is 0.553. The van der Waals surface area contributed by atoms with E-state index >= 15 is 0 Å². The lowest BCUT2D eigenvalue weighted by Gasteiger charge is -2.09. The number of ether oxygens (including phenoxy) is 1. The first kappa shape index (κ1) is 10.9. The monoisotopic (exact) mass is 161 g/mol. The third kappa shape index (κ3) is 9.88. The van der Waals surface area contributed by atoms with E-state index in [9.17, 15) is 0 Å². The average Bonchev–Trinajstić information content (AvgIpc) is 1.85. The Hall–Kier alpha value is -0.120. The van der Waals surface area contributed by atoms with Crippen LogP contribution in [0, 0.1) is 0 Å². The summed E-state index contributed by atoms with van der Waals surface area (Å²) in [5.41, 5.74) is 0. The highest BCUT2D eigenvalue weighted by Crippen LogP contribution is 1.84. The van der Waals surface area contributed by atoms with Gasteiger partial charge in [0.25, 0.3) is 0 Å². The summed E-state index contributed by atoms with van der Waals surface area (Å²) in [7, 11) is 0. The fourth-order valence-corrected chi connectivity index (χ4v) is 0.678. The summed E-state index contributed by atoms with van der Waals surface area (Å²) in [5.74, 6) is 0. The van der Waals surface area contributed by atoms with E-state index in [0.29, 0.717) is 19.3 Å². The van der Waals surface area contributed by atoms with E-state index in [0.717, 1.165) is 6.54 Å². The third-order valence-electron chi connectivity index (χ3n) is 1.17. The second-order valence-corrected chi connectivity index (χ2v) is 2.97. The van der Waals surface area contributed by atoms with Gasteiger partial charge in [-0.05, 0) is 20.8 Å². The second kappa shape index (κ2) is 6.58. The van der Waals surface area contributed by atoms with Crippen LogP contribution in [0.25, 0.3) is 0 Å². The molecular weight excluding hydrogens is 142 g/mol. The van der Waals surface area contributed by atoms with Crippen LogP contribution in [0.5, 0.6) is 0 Å². The molecule has 0 aromatic rings. The minimum absolute atomic E-state index is 0.269. The maximum absolute atomic E-state index is 8.86. The molecule has 0 saturated carbocycles. The maximum atomic E-state index is 8.86. The minimum Gasteiger partial charge on any atom is -0.392 e. The van der Waals surface area contributed by atoms with Gasteiger partial charge in [-0.3, -0.25) is 0 Å². The molecule has 3 nitrogen and oxygen atoms in total. The Morgan fingerprint density at radius 2 is 2.00 bits per heavy atom. The molecule has 68 valence electrons. The van der Waals surface area contributed by atoms with Gasteiger partial charge in [-0.2, -0.15) is 0 Å². The van der Waals surface area contributed by atoms with Crippen molar-refractivity contribution in [3.05, 3.63) is 0 Å². The van der Waals surface area contributed by atoms with Crippen LogP contribution < -0.4 is 5.32 Å². The lowest BCUT2D eigenvalue weighted by atomic mass is 10.4. The summed E-state index contributed by atoms with van der Waals surface area (Å²) in [6.45, 7) is 7.94. The van der Waals surface area contributed by atoms with Gasteiger partial charge in [0.2, 0.25) is 0 Å². The van der Waals surface area contributed by atoms with Crippen LogP contribution >= 0.6 is 0 Å².